The van der Waals surface area contributed by atoms with Crippen molar-refractivity contribution in [1.82, 2.24) is 4.90 Å². The van der Waals surface area contributed by atoms with Crippen LogP contribution in [-0.4, -0.2) is 49.4 Å². The number of benzene rings is 2. The average molecular weight is 449 g/mol. The van der Waals surface area contributed by atoms with Crippen LogP contribution in [0.2, 0.25) is 0 Å². The predicted octanol–water partition coefficient (Wildman–Crippen LogP) is 3.95. The fraction of sp³-hybridized carbons (Fsp3) is 0.263. The number of hydrogen-bond acceptors (Lipinski definition) is 3. The van der Waals surface area contributed by atoms with Crippen molar-refractivity contribution >= 4 is 50.6 Å². The normalized spacial score (nSPS) is 14.6. The van der Waals surface area contributed by atoms with E-state index < -0.39 is 0 Å². The number of hydrogen-bond donors (Lipinski definition) is 2. The van der Waals surface area contributed by atoms with Crippen molar-refractivity contribution in [2.75, 3.05) is 44.0 Å². The number of aliphatic imine (C=N–C) groups is 1. The molecule has 2 aromatic rings. The van der Waals surface area contributed by atoms with Crippen molar-refractivity contribution < 1.29 is 9.47 Å². The number of morpholine rings is 1. The third-order valence-electron chi connectivity index (χ3n) is 3.96. The van der Waals surface area contributed by atoms with Gasteiger partial charge in [-0.25, -0.2) is 0 Å². The minimum absolute atomic E-state index is 0.381. The molecule has 0 unspecified atom stereocenters. The summed E-state index contributed by atoms with van der Waals surface area (Å²) < 4.78 is 11.6. The Balaban J connectivity index is 1.74. The van der Waals surface area contributed by atoms with Gasteiger partial charge in [0.1, 0.15) is 5.75 Å². The first-order valence-electron chi connectivity index (χ1n) is 8.53. The second kappa shape index (κ2) is 9.68. The van der Waals surface area contributed by atoms with Gasteiger partial charge in [0, 0.05) is 28.9 Å². The molecule has 0 aliphatic carbocycles. The van der Waals surface area contributed by atoms with Crippen LogP contribution in [-0.2, 0) is 4.74 Å². The van der Waals surface area contributed by atoms with E-state index >= 15 is 0 Å². The fourth-order valence-electron chi connectivity index (χ4n) is 2.54. The fourth-order valence-corrected chi connectivity index (χ4v) is 3.01. The number of anilines is 2. The molecule has 8 heteroatoms. The van der Waals surface area contributed by atoms with Crippen LogP contribution in [0.3, 0.4) is 0 Å². The Morgan fingerprint density at radius 2 is 1.63 bits per heavy atom. The molecule has 2 aromatic carbocycles. The van der Waals surface area contributed by atoms with Crippen LogP contribution in [0.25, 0.3) is 0 Å². The van der Waals surface area contributed by atoms with Gasteiger partial charge in [0.2, 0.25) is 11.1 Å². The molecule has 2 N–H and O–H groups in total. The Bertz CT molecular complexity index is 790. The van der Waals surface area contributed by atoms with Gasteiger partial charge in [-0.05, 0) is 60.7 Å². The molecule has 1 saturated heterocycles. The largest absolute Gasteiger partial charge is 0.497 e. The summed E-state index contributed by atoms with van der Waals surface area (Å²) in [5, 5.41) is 6.88. The Labute approximate surface area is 172 Å². The average Bonchev–Trinajstić information content (AvgIpc) is 2.70. The summed E-state index contributed by atoms with van der Waals surface area (Å²) in [6, 6.07) is 15.5. The first-order valence-corrected chi connectivity index (χ1v) is 9.73. The van der Waals surface area contributed by atoms with Gasteiger partial charge >= 0.3 is 0 Å². The van der Waals surface area contributed by atoms with E-state index in [1.54, 1.807) is 7.11 Å². The Hall–Kier alpha value is -2.16. The van der Waals surface area contributed by atoms with Gasteiger partial charge < -0.3 is 25.0 Å². The zero-order chi connectivity index (χ0) is 19.1. The molecule has 0 bridgehead atoms. The van der Waals surface area contributed by atoms with E-state index in [4.69, 9.17) is 21.7 Å². The number of nitrogens with zero attached hydrogens (tertiary/aromatic N) is 2. The lowest BCUT2D eigenvalue weighted by molar-refractivity contribution is 0.0681. The molecule has 1 fully saturated rings. The molecule has 0 amide bonds. The zero-order valence-electron chi connectivity index (χ0n) is 14.9. The molecule has 1 heterocycles. The van der Waals surface area contributed by atoms with Gasteiger partial charge in [0.15, 0.2) is 0 Å². The van der Waals surface area contributed by atoms with Gasteiger partial charge in [0.05, 0.1) is 20.3 Å². The number of halogens is 1. The van der Waals surface area contributed by atoms with Crippen molar-refractivity contribution in [2.45, 2.75) is 0 Å². The van der Waals surface area contributed by atoms with E-state index in [2.05, 4.69) is 36.5 Å². The third kappa shape index (κ3) is 5.92. The van der Waals surface area contributed by atoms with E-state index in [9.17, 15) is 0 Å². The minimum Gasteiger partial charge on any atom is -0.497 e. The highest BCUT2D eigenvalue weighted by atomic mass is 79.9. The third-order valence-corrected chi connectivity index (χ3v) is 4.68. The molecule has 0 aromatic heterocycles. The summed E-state index contributed by atoms with van der Waals surface area (Å²) >= 11 is 8.90. The van der Waals surface area contributed by atoms with Crippen molar-refractivity contribution in [3.8, 4) is 5.75 Å². The Morgan fingerprint density at radius 1 is 1.04 bits per heavy atom. The van der Waals surface area contributed by atoms with Gasteiger partial charge in [-0.15, -0.1) is 0 Å². The molecule has 1 aliphatic heterocycles. The van der Waals surface area contributed by atoms with Crippen LogP contribution in [0.1, 0.15) is 0 Å². The maximum Gasteiger partial charge on any atom is 0.206 e. The number of methoxy groups -OCH3 is 1. The maximum absolute atomic E-state index is 5.45. The van der Waals surface area contributed by atoms with E-state index in [0.29, 0.717) is 24.3 Å². The number of guanidine groups is 1. The topological polar surface area (TPSA) is 58.1 Å². The summed E-state index contributed by atoms with van der Waals surface area (Å²) in [6.45, 7) is 2.85. The Kier molecular flexibility index (Phi) is 7.03. The van der Waals surface area contributed by atoms with E-state index in [1.807, 2.05) is 48.5 Å². The lowest BCUT2D eigenvalue weighted by Gasteiger charge is -2.30. The molecule has 6 nitrogen and oxygen atoms in total. The Morgan fingerprint density at radius 3 is 2.26 bits per heavy atom. The second-order valence-electron chi connectivity index (χ2n) is 5.83. The first-order chi connectivity index (χ1) is 13.1. The molecule has 27 heavy (non-hydrogen) atoms. The van der Waals surface area contributed by atoms with Crippen LogP contribution in [0.5, 0.6) is 5.75 Å². The minimum atomic E-state index is 0.381. The second-order valence-corrected chi connectivity index (χ2v) is 7.13. The van der Waals surface area contributed by atoms with Crippen LogP contribution >= 0.6 is 28.1 Å². The molecule has 142 valence electrons. The van der Waals surface area contributed by atoms with E-state index in [-0.39, 0.29) is 0 Å². The van der Waals surface area contributed by atoms with Gasteiger partial charge in [-0.3, -0.25) is 0 Å². The van der Waals surface area contributed by atoms with Crippen molar-refractivity contribution in [3.05, 3.63) is 53.0 Å². The molecule has 3 rings (SSSR count). The predicted molar refractivity (Wildman–Crippen MR) is 117 cm³/mol. The molecular weight excluding hydrogens is 428 g/mol. The van der Waals surface area contributed by atoms with Crippen molar-refractivity contribution in [2.24, 2.45) is 4.99 Å². The molecule has 0 atom stereocenters. The smallest absolute Gasteiger partial charge is 0.206 e. The van der Waals surface area contributed by atoms with Crippen LogP contribution in [0, 0.1) is 0 Å². The van der Waals surface area contributed by atoms with E-state index in [1.165, 1.54) is 0 Å². The van der Waals surface area contributed by atoms with Crippen molar-refractivity contribution in [3.63, 3.8) is 0 Å². The number of nitrogens with one attached hydrogen (secondary N) is 2. The first kappa shape index (κ1) is 19.6. The van der Waals surface area contributed by atoms with Crippen LogP contribution in [0.15, 0.2) is 58.0 Å². The molecule has 0 saturated carbocycles. The standard InChI is InChI=1S/C19H21BrN4O2S/c1-25-17-8-6-16(7-9-17)22-19(27)23-18(24-10-12-26-13-11-24)21-15-4-2-14(20)3-5-15/h2-9H,10-13H2,1H3,(H2,21,22,23,27). The van der Waals surface area contributed by atoms with Crippen LogP contribution < -0.4 is 15.4 Å². The number of thiocarbonyl (C=S) groups is 1. The molecule has 0 radical (unpaired) electrons. The molecule has 1 aliphatic rings. The summed E-state index contributed by atoms with van der Waals surface area (Å²) in [7, 11) is 1.64. The monoisotopic (exact) mass is 448 g/mol. The quantitative estimate of drug-likeness (QED) is 0.421. The summed E-state index contributed by atoms with van der Waals surface area (Å²) in [6.07, 6.45) is 0. The SMILES string of the molecule is COc1ccc(NC(=S)/N=C(/Nc2ccc(Br)cc2)N2CCOCC2)cc1. The lowest BCUT2D eigenvalue weighted by Crippen LogP contribution is -2.44. The molecular formula is C19H21BrN4O2S. The zero-order valence-corrected chi connectivity index (χ0v) is 17.3. The molecule has 0 spiro atoms. The van der Waals surface area contributed by atoms with Gasteiger partial charge in [-0.2, -0.15) is 4.99 Å². The van der Waals surface area contributed by atoms with E-state index in [0.717, 1.165) is 34.7 Å². The van der Waals surface area contributed by atoms with Gasteiger partial charge in [0.25, 0.3) is 0 Å². The van der Waals surface area contributed by atoms with Crippen LogP contribution in [0.4, 0.5) is 11.4 Å². The summed E-state index contributed by atoms with van der Waals surface area (Å²) in [4.78, 5) is 6.74. The highest BCUT2D eigenvalue weighted by Gasteiger charge is 2.16. The summed E-state index contributed by atoms with van der Waals surface area (Å²) in [5.74, 6) is 1.49. The highest BCUT2D eigenvalue weighted by Crippen LogP contribution is 2.17. The van der Waals surface area contributed by atoms with Crippen molar-refractivity contribution in [1.29, 1.82) is 0 Å². The maximum atomic E-state index is 5.45. The summed E-state index contributed by atoms with van der Waals surface area (Å²) in [5.41, 5.74) is 1.80. The lowest BCUT2D eigenvalue weighted by atomic mass is 10.3. The number of rotatable bonds is 3. The highest BCUT2D eigenvalue weighted by molar-refractivity contribution is 9.10. The van der Waals surface area contributed by atoms with Gasteiger partial charge in [-0.1, -0.05) is 15.9 Å². The number of ether oxygens (including phenoxy) is 2.